The molecule has 0 aliphatic rings. The number of halogens is 1. The first kappa shape index (κ1) is 15.1. The molecule has 0 unspecified atom stereocenters. The highest BCUT2D eigenvalue weighted by atomic mass is 79.9. The second kappa shape index (κ2) is 5.97. The zero-order valence-electron chi connectivity index (χ0n) is 11.1. The van der Waals surface area contributed by atoms with Crippen LogP contribution >= 0.6 is 15.9 Å². The summed E-state index contributed by atoms with van der Waals surface area (Å²) < 4.78 is 0.653. The van der Waals surface area contributed by atoms with E-state index in [-0.39, 0.29) is 16.9 Å². The number of carbonyl (C=O) groups is 2. The number of nitrogens with one attached hydrogen (secondary N) is 1. The fraction of sp³-hybridized carbons (Fsp3) is 0.0667. The van der Waals surface area contributed by atoms with Gasteiger partial charge in [0.2, 0.25) is 0 Å². The van der Waals surface area contributed by atoms with Crippen LogP contribution in [-0.2, 0) is 0 Å². The Bertz CT molecular complexity index is 728. The molecule has 0 aromatic heterocycles. The lowest BCUT2D eigenvalue weighted by molar-refractivity contribution is 0.0695. The average molecular weight is 350 g/mol. The molecule has 0 saturated carbocycles. The van der Waals surface area contributed by atoms with Gasteiger partial charge in [0.25, 0.3) is 5.91 Å². The highest BCUT2D eigenvalue weighted by Crippen LogP contribution is 2.24. The van der Waals surface area contributed by atoms with Gasteiger partial charge in [0, 0.05) is 10.2 Å². The molecule has 0 aliphatic heterocycles. The van der Waals surface area contributed by atoms with Gasteiger partial charge in [-0.15, -0.1) is 0 Å². The number of aromatic carboxylic acids is 1. The molecule has 21 heavy (non-hydrogen) atoms. The van der Waals surface area contributed by atoms with Crippen LogP contribution in [0.3, 0.4) is 0 Å². The molecule has 0 saturated heterocycles. The largest absolute Gasteiger partial charge is 0.507 e. The maximum absolute atomic E-state index is 12.1. The van der Waals surface area contributed by atoms with Gasteiger partial charge >= 0.3 is 5.97 Å². The first-order chi connectivity index (χ1) is 9.88. The van der Waals surface area contributed by atoms with E-state index in [0.717, 1.165) is 0 Å². The molecular formula is C15H12BrNO4. The van der Waals surface area contributed by atoms with Crippen LogP contribution in [0, 0.1) is 6.92 Å². The number of hydrogen-bond donors (Lipinski definition) is 3. The van der Waals surface area contributed by atoms with Gasteiger partial charge in [-0.2, -0.15) is 0 Å². The second-order valence-corrected chi connectivity index (χ2v) is 5.37. The lowest BCUT2D eigenvalue weighted by Crippen LogP contribution is -2.13. The quantitative estimate of drug-likeness (QED) is 0.792. The molecule has 108 valence electrons. The van der Waals surface area contributed by atoms with E-state index in [1.54, 1.807) is 25.1 Å². The van der Waals surface area contributed by atoms with Crippen LogP contribution in [0.25, 0.3) is 0 Å². The Kier molecular flexibility index (Phi) is 4.28. The number of carboxylic acid groups (broad SMARTS) is 1. The summed E-state index contributed by atoms with van der Waals surface area (Å²) in [6.07, 6.45) is 0. The van der Waals surface area contributed by atoms with Gasteiger partial charge in [0.05, 0.1) is 11.1 Å². The van der Waals surface area contributed by atoms with Crippen molar-refractivity contribution in [3.63, 3.8) is 0 Å². The number of benzene rings is 2. The molecule has 0 aliphatic carbocycles. The molecule has 0 bridgehead atoms. The summed E-state index contributed by atoms with van der Waals surface area (Å²) in [7, 11) is 0. The average Bonchev–Trinajstić information content (AvgIpc) is 2.40. The summed E-state index contributed by atoms with van der Waals surface area (Å²) in [5.74, 6) is -1.73. The van der Waals surface area contributed by atoms with E-state index in [1.165, 1.54) is 18.2 Å². The Morgan fingerprint density at radius 2 is 1.81 bits per heavy atom. The fourth-order valence-corrected chi connectivity index (χ4v) is 2.17. The number of aromatic hydroxyl groups is 1. The van der Waals surface area contributed by atoms with Gasteiger partial charge in [-0.05, 0) is 42.8 Å². The summed E-state index contributed by atoms with van der Waals surface area (Å²) in [4.78, 5) is 23.1. The number of phenolic OH excluding ortho intramolecular Hbond substituents is 1. The molecule has 5 nitrogen and oxygen atoms in total. The summed E-state index contributed by atoms with van der Waals surface area (Å²) in [5.41, 5.74) is 1.18. The van der Waals surface area contributed by atoms with Gasteiger partial charge in [-0.25, -0.2) is 4.79 Å². The predicted octanol–water partition coefficient (Wildman–Crippen LogP) is 3.41. The van der Waals surface area contributed by atoms with E-state index in [9.17, 15) is 14.7 Å². The first-order valence-electron chi connectivity index (χ1n) is 6.02. The minimum atomic E-state index is -1.06. The van der Waals surface area contributed by atoms with Crippen LogP contribution < -0.4 is 5.32 Å². The minimum Gasteiger partial charge on any atom is -0.507 e. The third-order valence-corrected chi connectivity index (χ3v) is 3.42. The molecular weight excluding hydrogens is 338 g/mol. The third kappa shape index (κ3) is 3.41. The van der Waals surface area contributed by atoms with Crippen LogP contribution in [0.15, 0.2) is 40.9 Å². The summed E-state index contributed by atoms with van der Waals surface area (Å²) in [5, 5.41) is 21.4. The van der Waals surface area contributed by atoms with Gasteiger partial charge in [-0.1, -0.05) is 22.0 Å². The van der Waals surface area contributed by atoms with Gasteiger partial charge in [0.15, 0.2) is 0 Å². The van der Waals surface area contributed by atoms with Crippen molar-refractivity contribution in [1.82, 2.24) is 0 Å². The summed E-state index contributed by atoms with van der Waals surface area (Å²) in [6, 6.07) is 9.11. The summed E-state index contributed by atoms with van der Waals surface area (Å²) >= 11 is 3.19. The number of amides is 1. The van der Waals surface area contributed by atoms with Crippen molar-refractivity contribution in [3.05, 3.63) is 57.6 Å². The number of carboxylic acids is 1. The van der Waals surface area contributed by atoms with E-state index in [1.807, 2.05) is 0 Å². The molecule has 2 aromatic carbocycles. The van der Waals surface area contributed by atoms with Crippen molar-refractivity contribution >= 4 is 33.5 Å². The van der Waals surface area contributed by atoms with Crippen LogP contribution in [0.2, 0.25) is 0 Å². The molecule has 3 N–H and O–H groups in total. The van der Waals surface area contributed by atoms with Gasteiger partial charge in [-0.3, -0.25) is 4.79 Å². The van der Waals surface area contributed by atoms with Gasteiger partial charge < -0.3 is 15.5 Å². The van der Waals surface area contributed by atoms with Crippen LogP contribution in [0.5, 0.6) is 5.75 Å². The number of hydrogen-bond acceptors (Lipinski definition) is 3. The van der Waals surface area contributed by atoms with Crippen LogP contribution in [-0.4, -0.2) is 22.1 Å². The van der Waals surface area contributed by atoms with E-state index in [0.29, 0.717) is 15.7 Å². The van der Waals surface area contributed by atoms with Crippen molar-refractivity contribution in [2.45, 2.75) is 6.92 Å². The number of rotatable bonds is 3. The molecule has 6 heteroatoms. The normalized spacial score (nSPS) is 10.2. The maximum Gasteiger partial charge on any atom is 0.336 e. The Morgan fingerprint density at radius 1 is 1.10 bits per heavy atom. The Hall–Kier alpha value is -2.34. The van der Waals surface area contributed by atoms with Crippen molar-refractivity contribution in [3.8, 4) is 5.75 Å². The topological polar surface area (TPSA) is 86.6 Å². The first-order valence-corrected chi connectivity index (χ1v) is 6.81. The van der Waals surface area contributed by atoms with E-state index >= 15 is 0 Å². The van der Waals surface area contributed by atoms with E-state index in [2.05, 4.69) is 21.2 Å². The van der Waals surface area contributed by atoms with Gasteiger partial charge in [0.1, 0.15) is 5.75 Å². The van der Waals surface area contributed by atoms with E-state index in [4.69, 9.17) is 5.11 Å². The maximum atomic E-state index is 12.1. The Labute approximate surface area is 129 Å². The summed E-state index contributed by atoms with van der Waals surface area (Å²) in [6.45, 7) is 1.68. The lowest BCUT2D eigenvalue weighted by atomic mass is 10.1. The fourth-order valence-electron chi connectivity index (χ4n) is 1.83. The molecule has 1 amide bonds. The zero-order chi connectivity index (χ0) is 15.6. The number of phenols is 1. The smallest absolute Gasteiger partial charge is 0.336 e. The van der Waals surface area contributed by atoms with Crippen LogP contribution in [0.1, 0.15) is 26.3 Å². The van der Waals surface area contributed by atoms with Crippen LogP contribution in [0.4, 0.5) is 5.69 Å². The molecule has 2 aromatic rings. The predicted molar refractivity (Wildman–Crippen MR) is 81.9 cm³/mol. The second-order valence-electron chi connectivity index (χ2n) is 4.45. The van der Waals surface area contributed by atoms with Crippen molar-refractivity contribution in [2.24, 2.45) is 0 Å². The Morgan fingerprint density at radius 3 is 2.43 bits per heavy atom. The number of anilines is 1. The van der Waals surface area contributed by atoms with E-state index < -0.39 is 11.9 Å². The van der Waals surface area contributed by atoms with Crippen molar-refractivity contribution in [2.75, 3.05) is 5.32 Å². The highest BCUT2D eigenvalue weighted by molar-refractivity contribution is 9.10. The SMILES string of the molecule is Cc1ccc(NC(=O)c2ccc(Br)cc2O)cc1C(=O)O. The number of carbonyl (C=O) groups excluding carboxylic acids is 1. The highest BCUT2D eigenvalue weighted by Gasteiger charge is 2.13. The number of aryl methyl sites for hydroxylation is 1. The molecule has 0 radical (unpaired) electrons. The van der Waals surface area contributed by atoms with Crippen molar-refractivity contribution < 1.29 is 19.8 Å². The minimum absolute atomic E-state index is 0.107. The van der Waals surface area contributed by atoms with Crippen molar-refractivity contribution in [1.29, 1.82) is 0 Å². The molecule has 0 fully saturated rings. The molecule has 2 rings (SSSR count). The molecule has 0 atom stereocenters. The monoisotopic (exact) mass is 349 g/mol. The third-order valence-electron chi connectivity index (χ3n) is 2.93. The molecule has 0 spiro atoms. The standard InChI is InChI=1S/C15H12BrNO4/c1-8-2-4-10(7-12(8)15(20)21)17-14(19)11-5-3-9(16)6-13(11)18/h2-7,18H,1H3,(H,17,19)(H,20,21). The lowest BCUT2D eigenvalue weighted by Gasteiger charge is -2.09. The Balaban J connectivity index is 2.27. The molecule has 0 heterocycles. The zero-order valence-corrected chi connectivity index (χ0v) is 12.6.